The van der Waals surface area contributed by atoms with Crippen molar-refractivity contribution in [1.29, 1.82) is 0 Å². The Bertz CT molecular complexity index is 1380. The highest BCUT2D eigenvalue weighted by Crippen LogP contribution is 2.32. The van der Waals surface area contributed by atoms with Crippen LogP contribution in [0, 0.1) is 0 Å². The van der Waals surface area contributed by atoms with Crippen molar-refractivity contribution in [2.24, 2.45) is 0 Å². The van der Waals surface area contributed by atoms with Gasteiger partial charge in [-0.25, -0.2) is 4.98 Å². The monoisotopic (exact) mass is 492 g/mol. The third-order valence-corrected chi connectivity index (χ3v) is 6.02. The number of halogens is 3. The van der Waals surface area contributed by atoms with Crippen LogP contribution < -0.4 is 5.32 Å². The average molecular weight is 493 g/mol. The highest BCUT2D eigenvalue weighted by Gasteiger charge is 2.30. The normalized spacial score (nSPS) is 14.6. The molecule has 184 valence electrons. The molecule has 36 heavy (non-hydrogen) atoms. The number of aromatic nitrogens is 2. The summed E-state index contributed by atoms with van der Waals surface area (Å²) < 4.78 is 44.9. The molecule has 1 fully saturated rings. The molecule has 0 bridgehead atoms. The molecule has 1 amide bonds. The number of carbonyl (C=O) groups is 1. The second-order valence-corrected chi connectivity index (χ2v) is 8.53. The quantitative estimate of drug-likeness (QED) is 0.404. The van der Waals surface area contributed by atoms with Gasteiger partial charge in [0.05, 0.1) is 53.1 Å². The summed E-state index contributed by atoms with van der Waals surface area (Å²) in [7, 11) is 0. The maximum Gasteiger partial charge on any atom is 0.416 e. The Morgan fingerprint density at radius 1 is 1.00 bits per heavy atom. The molecule has 4 aromatic rings. The highest BCUT2D eigenvalue weighted by atomic mass is 19.4. The van der Waals surface area contributed by atoms with Gasteiger partial charge in [-0.3, -0.25) is 14.7 Å². The van der Waals surface area contributed by atoms with Crippen LogP contribution in [0.25, 0.3) is 22.2 Å². The summed E-state index contributed by atoms with van der Waals surface area (Å²) in [6.45, 7) is 3.85. The topological polar surface area (TPSA) is 67.4 Å². The maximum absolute atomic E-state index is 13.2. The standard InChI is InChI=1S/C27H23F3N4O2/c28-27(29,30)20-5-1-4-19(15-20)24-10-7-18-3-2-6-23(25(18)33-24)26(35)32-21-8-9-22(31-16-21)17-34-11-13-36-14-12-34/h1-10,15-16H,11-14,17H2,(H,32,35). The zero-order valence-electron chi connectivity index (χ0n) is 19.3. The minimum Gasteiger partial charge on any atom is -0.379 e. The summed E-state index contributed by atoms with van der Waals surface area (Å²) in [5, 5.41) is 3.55. The minimum absolute atomic E-state index is 0.318. The van der Waals surface area contributed by atoms with Gasteiger partial charge in [-0.1, -0.05) is 30.3 Å². The molecule has 5 rings (SSSR count). The Labute approximate surface area is 205 Å². The van der Waals surface area contributed by atoms with E-state index in [0.717, 1.165) is 30.9 Å². The summed E-state index contributed by atoms with van der Waals surface area (Å²) in [6.07, 6.45) is -2.84. The number of nitrogens with zero attached hydrogens (tertiary/aromatic N) is 3. The van der Waals surface area contributed by atoms with Gasteiger partial charge in [-0.05, 0) is 36.4 Å². The van der Waals surface area contributed by atoms with Crippen LogP contribution in [0.15, 0.2) is 72.9 Å². The van der Waals surface area contributed by atoms with Gasteiger partial charge < -0.3 is 10.1 Å². The molecule has 2 aromatic heterocycles. The number of alkyl halides is 3. The van der Waals surface area contributed by atoms with E-state index < -0.39 is 11.7 Å². The summed E-state index contributed by atoms with van der Waals surface area (Å²) in [5.41, 5.74) is 2.08. The first kappa shape index (κ1) is 23.9. The molecule has 1 saturated heterocycles. The SMILES string of the molecule is O=C(Nc1ccc(CN2CCOCC2)nc1)c1cccc2ccc(-c3cccc(C(F)(F)F)c3)nc12. The molecule has 1 N–H and O–H groups in total. The van der Waals surface area contributed by atoms with Crippen molar-refractivity contribution in [3.8, 4) is 11.3 Å². The number of hydrogen-bond donors (Lipinski definition) is 1. The Morgan fingerprint density at radius 3 is 2.56 bits per heavy atom. The molecule has 3 heterocycles. The number of para-hydroxylation sites is 1. The third kappa shape index (κ3) is 5.37. The largest absolute Gasteiger partial charge is 0.416 e. The number of hydrogen-bond acceptors (Lipinski definition) is 5. The van der Waals surface area contributed by atoms with Crippen LogP contribution in [0.5, 0.6) is 0 Å². The van der Waals surface area contributed by atoms with Crippen LogP contribution in [0.3, 0.4) is 0 Å². The van der Waals surface area contributed by atoms with Crippen molar-refractivity contribution in [1.82, 2.24) is 14.9 Å². The van der Waals surface area contributed by atoms with Crippen LogP contribution in [-0.4, -0.2) is 47.1 Å². The first-order valence-corrected chi connectivity index (χ1v) is 11.5. The average Bonchev–Trinajstić information content (AvgIpc) is 2.89. The molecule has 0 unspecified atom stereocenters. The Kier molecular flexibility index (Phi) is 6.67. The van der Waals surface area contributed by atoms with Crippen molar-refractivity contribution in [2.45, 2.75) is 12.7 Å². The van der Waals surface area contributed by atoms with Crippen molar-refractivity contribution in [2.75, 3.05) is 31.6 Å². The number of benzene rings is 2. The number of pyridine rings is 2. The van der Waals surface area contributed by atoms with Crippen molar-refractivity contribution >= 4 is 22.5 Å². The van der Waals surface area contributed by atoms with E-state index in [1.807, 2.05) is 6.07 Å². The number of nitrogens with one attached hydrogen (secondary N) is 1. The van der Waals surface area contributed by atoms with Gasteiger partial charge in [0.1, 0.15) is 0 Å². The second kappa shape index (κ2) is 10.0. The smallest absolute Gasteiger partial charge is 0.379 e. The zero-order chi connectivity index (χ0) is 25.1. The molecular weight excluding hydrogens is 469 g/mol. The van der Waals surface area contributed by atoms with Crippen molar-refractivity contribution in [3.63, 3.8) is 0 Å². The number of carbonyl (C=O) groups excluding carboxylic acids is 1. The number of rotatable bonds is 5. The van der Waals surface area contributed by atoms with Crippen LogP contribution >= 0.6 is 0 Å². The predicted molar refractivity (Wildman–Crippen MR) is 130 cm³/mol. The first-order chi connectivity index (χ1) is 17.4. The Balaban J connectivity index is 1.37. The minimum atomic E-state index is -4.45. The number of amides is 1. The first-order valence-electron chi connectivity index (χ1n) is 11.5. The zero-order valence-corrected chi connectivity index (χ0v) is 19.3. The summed E-state index contributed by atoms with van der Waals surface area (Å²) >= 11 is 0. The van der Waals surface area contributed by atoms with Gasteiger partial charge in [-0.2, -0.15) is 13.2 Å². The van der Waals surface area contributed by atoms with E-state index in [-0.39, 0.29) is 5.91 Å². The van der Waals surface area contributed by atoms with Crippen LogP contribution in [-0.2, 0) is 17.5 Å². The van der Waals surface area contributed by atoms with Gasteiger partial charge in [0.25, 0.3) is 5.91 Å². The maximum atomic E-state index is 13.2. The molecule has 0 aliphatic carbocycles. The molecule has 1 aliphatic heterocycles. The Hall–Kier alpha value is -3.82. The van der Waals surface area contributed by atoms with E-state index in [4.69, 9.17) is 4.74 Å². The van der Waals surface area contributed by atoms with Gasteiger partial charge in [0.2, 0.25) is 0 Å². The van der Waals surface area contributed by atoms with Crippen LogP contribution in [0.2, 0.25) is 0 Å². The lowest BCUT2D eigenvalue weighted by Gasteiger charge is -2.26. The molecule has 0 atom stereocenters. The lowest BCUT2D eigenvalue weighted by atomic mass is 10.0. The van der Waals surface area contributed by atoms with Crippen LogP contribution in [0.4, 0.5) is 18.9 Å². The molecule has 6 nitrogen and oxygen atoms in total. The Morgan fingerprint density at radius 2 is 1.81 bits per heavy atom. The molecule has 0 spiro atoms. The number of fused-ring (bicyclic) bond motifs is 1. The van der Waals surface area contributed by atoms with E-state index in [2.05, 4.69) is 20.2 Å². The van der Waals surface area contributed by atoms with Gasteiger partial charge >= 0.3 is 6.18 Å². The number of anilines is 1. The van der Waals surface area contributed by atoms with Crippen molar-refractivity contribution in [3.05, 3.63) is 89.7 Å². The third-order valence-electron chi connectivity index (χ3n) is 6.02. The van der Waals surface area contributed by atoms with Gasteiger partial charge in [0.15, 0.2) is 0 Å². The van der Waals surface area contributed by atoms with E-state index in [1.54, 1.807) is 48.7 Å². The summed E-state index contributed by atoms with van der Waals surface area (Å²) in [4.78, 5) is 24.4. The van der Waals surface area contributed by atoms with E-state index in [9.17, 15) is 18.0 Å². The molecule has 2 aromatic carbocycles. The van der Waals surface area contributed by atoms with Gasteiger partial charge in [-0.15, -0.1) is 0 Å². The molecule has 9 heteroatoms. The molecule has 0 radical (unpaired) electrons. The highest BCUT2D eigenvalue weighted by molar-refractivity contribution is 6.12. The van der Waals surface area contributed by atoms with Gasteiger partial charge in [0, 0.05) is 30.6 Å². The van der Waals surface area contributed by atoms with E-state index in [0.29, 0.717) is 53.2 Å². The molecular formula is C27H23F3N4O2. The molecule has 1 aliphatic rings. The number of ether oxygens (including phenoxy) is 1. The van der Waals surface area contributed by atoms with Crippen LogP contribution in [0.1, 0.15) is 21.6 Å². The van der Waals surface area contributed by atoms with Crippen molar-refractivity contribution < 1.29 is 22.7 Å². The lowest BCUT2D eigenvalue weighted by molar-refractivity contribution is -0.137. The van der Waals surface area contributed by atoms with E-state index >= 15 is 0 Å². The molecule has 0 saturated carbocycles. The van der Waals surface area contributed by atoms with E-state index in [1.165, 1.54) is 6.07 Å². The fourth-order valence-corrected chi connectivity index (χ4v) is 4.12. The summed E-state index contributed by atoms with van der Waals surface area (Å²) in [5.74, 6) is -0.378. The number of morpholine rings is 1. The lowest BCUT2D eigenvalue weighted by Crippen LogP contribution is -2.35. The fraction of sp³-hybridized carbons (Fsp3) is 0.222. The summed E-state index contributed by atoms with van der Waals surface area (Å²) in [6, 6.07) is 17.2. The second-order valence-electron chi connectivity index (χ2n) is 8.53. The predicted octanol–water partition coefficient (Wildman–Crippen LogP) is 5.40. The fourth-order valence-electron chi connectivity index (χ4n) is 4.12.